The predicted octanol–water partition coefficient (Wildman–Crippen LogP) is 5.58. The minimum Gasteiger partial charge on any atom is -0.464 e. The van der Waals surface area contributed by atoms with Gasteiger partial charge in [-0.2, -0.15) is 0 Å². The highest BCUT2D eigenvalue weighted by Crippen LogP contribution is 2.19. The van der Waals surface area contributed by atoms with Gasteiger partial charge in [-0.25, -0.2) is 9.18 Å². The van der Waals surface area contributed by atoms with Gasteiger partial charge in [-0.15, -0.1) is 0 Å². The third kappa shape index (κ3) is 4.97. The lowest BCUT2D eigenvalue weighted by Crippen LogP contribution is -2.34. The number of carbonyl (C=O) groups is 1. The zero-order chi connectivity index (χ0) is 19.4. The molecule has 0 unspecified atom stereocenters. The van der Waals surface area contributed by atoms with Crippen molar-refractivity contribution in [3.63, 3.8) is 0 Å². The zero-order valence-electron chi connectivity index (χ0n) is 15.8. The number of anilines is 1. The van der Waals surface area contributed by atoms with E-state index in [-0.39, 0.29) is 11.8 Å². The van der Waals surface area contributed by atoms with Crippen LogP contribution in [0.25, 0.3) is 0 Å². The van der Waals surface area contributed by atoms with E-state index in [2.05, 4.69) is 5.32 Å². The van der Waals surface area contributed by atoms with Gasteiger partial charge in [0.15, 0.2) is 0 Å². The molecule has 0 aliphatic rings. The van der Waals surface area contributed by atoms with Gasteiger partial charge in [0.25, 0.3) is 0 Å². The highest BCUT2D eigenvalue weighted by Gasteiger charge is 2.17. The lowest BCUT2D eigenvalue weighted by atomic mass is 10.1. The van der Waals surface area contributed by atoms with Crippen molar-refractivity contribution in [2.75, 3.05) is 5.32 Å². The molecule has 0 aliphatic heterocycles. The Morgan fingerprint density at radius 2 is 1.74 bits per heavy atom. The fraction of sp³-hybridized carbons (Fsp3) is 0.227. The number of nitrogens with one attached hydrogen (secondary N) is 1. The van der Waals surface area contributed by atoms with Crippen molar-refractivity contribution in [1.82, 2.24) is 4.90 Å². The van der Waals surface area contributed by atoms with Crippen molar-refractivity contribution in [2.24, 2.45) is 0 Å². The lowest BCUT2D eigenvalue weighted by Gasteiger charge is -2.23. The Morgan fingerprint density at radius 3 is 2.37 bits per heavy atom. The van der Waals surface area contributed by atoms with E-state index in [0.717, 1.165) is 28.1 Å². The van der Waals surface area contributed by atoms with Gasteiger partial charge in [0.2, 0.25) is 0 Å². The summed E-state index contributed by atoms with van der Waals surface area (Å²) in [5.41, 5.74) is 3.75. The van der Waals surface area contributed by atoms with Crippen LogP contribution in [0.15, 0.2) is 59.0 Å². The molecule has 3 aromatic rings. The molecule has 4 nitrogen and oxygen atoms in total. The number of halogens is 1. The molecule has 1 heterocycles. The number of furan rings is 1. The first-order valence-electron chi connectivity index (χ1n) is 8.83. The lowest BCUT2D eigenvalue weighted by molar-refractivity contribution is 0.201. The molecule has 0 fully saturated rings. The average Bonchev–Trinajstić information content (AvgIpc) is 3.03. The number of hydrogen-bond donors (Lipinski definition) is 1. The standard InChI is InChI=1S/C22H23FN2O2/c1-15-4-11-21(16(2)12-15)24-22(26)25(14-20-10-5-17(3)27-20)13-18-6-8-19(23)9-7-18/h4-12H,13-14H2,1-3H3,(H,24,26). The van der Waals surface area contributed by atoms with E-state index in [1.165, 1.54) is 12.1 Å². The third-order valence-corrected chi connectivity index (χ3v) is 4.34. The normalized spacial score (nSPS) is 10.7. The minimum atomic E-state index is -0.299. The molecule has 0 saturated carbocycles. The van der Waals surface area contributed by atoms with Crippen LogP contribution in [0.3, 0.4) is 0 Å². The van der Waals surface area contributed by atoms with Crippen LogP contribution in [0.1, 0.15) is 28.2 Å². The molecular formula is C22H23FN2O2. The Hall–Kier alpha value is -3.08. The summed E-state index contributed by atoms with van der Waals surface area (Å²) in [5, 5.41) is 2.97. The molecule has 0 bridgehead atoms. The van der Waals surface area contributed by atoms with E-state index < -0.39 is 0 Å². The summed E-state index contributed by atoms with van der Waals surface area (Å²) in [5.74, 6) is 1.19. The van der Waals surface area contributed by atoms with Crippen LogP contribution in [0.4, 0.5) is 14.9 Å². The second-order valence-corrected chi connectivity index (χ2v) is 6.74. The molecule has 0 aliphatic carbocycles. The summed E-state index contributed by atoms with van der Waals surface area (Å²) in [6, 6.07) is 15.5. The molecule has 0 radical (unpaired) electrons. The van der Waals surface area contributed by atoms with Crippen molar-refractivity contribution < 1.29 is 13.6 Å². The molecule has 5 heteroatoms. The molecule has 0 atom stereocenters. The summed E-state index contributed by atoms with van der Waals surface area (Å²) >= 11 is 0. The van der Waals surface area contributed by atoms with Crippen LogP contribution >= 0.6 is 0 Å². The van der Waals surface area contributed by atoms with Crippen LogP contribution < -0.4 is 5.32 Å². The number of carbonyl (C=O) groups excluding carboxylic acids is 1. The zero-order valence-corrected chi connectivity index (χ0v) is 15.8. The van der Waals surface area contributed by atoms with Crippen LogP contribution in [-0.4, -0.2) is 10.9 Å². The topological polar surface area (TPSA) is 45.5 Å². The maximum atomic E-state index is 13.2. The monoisotopic (exact) mass is 366 g/mol. The SMILES string of the molecule is Cc1ccc(NC(=O)N(Cc2ccc(F)cc2)Cc2ccc(C)o2)c(C)c1. The number of aryl methyl sites for hydroxylation is 3. The van der Waals surface area contributed by atoms with Crippen LogP contribution in [0.5, 0.6) is 0 Å². The van der Waals surface area contributed by atoms with E-state index in [1.54, 1.807) is 17.0 Å². The van der Waals surface area contributed by atoms with Crippen molar-refractivity contribution in [2.45, 2.75) is 33.9 Å². The number of urea groups is 1. The molecule has 2 aromatic carbocycles. The Labute approximate surface area is 158 Å². The highest BCUT2D eigenvalue weighted by molar-refractivity contribution is 5.90. The summed E-state index contributed by atoms with van der Waals surface area (Å²) < 4.78 is 18.8. The van der Waals surface area contributed by atoms with Gasteiger partial charge in [-0.1, -0.05) is 29.8 Å². The highest BCUT2D eigenvalue weighted by atomic mass is 19.1. The summed E-state index contributed by atoms with van der Waals surface area (Å²) in [6.07, 6.45) is 0. The first kappa shape index (κ1) is 18.7. The molecule has 1 N–H and O–H groups in total. The first-order chi connectivity index (χ1) is 12.9. The van der Waals surface area contributed by atoms with Crippen LogP contribution in [0, 0.1) is 26.6 Å². The van der Waals surface area contributed by atoms with Gasteiger partial charge in [0.1, 0.15) is 17.3 Å². The number of amides is 2. The van der Waals surface area contributed by atoms with E-state index in [0.29, 0.717) is 18.8 Å². The summed E-state index contributed by atoms with van der Waals surface area (Å²) in [6.45, 7) is 6.50. The Balaban J connectivity index is 1.80. The van der Waals surface area contributed by atoms with Gasteiger partial charge in [-0.05, 0) is 62.2 Å². The maximum absolute atomic E-state index is 13.2. The molecule has 1 aromatic heterocycles. The van der Waals surface area contributed by atoms with Crippen LogP contribution in [-0.2, 0) is 13.1 Å². The predicted molar refractivity (Wildman–Crippen MR) is 104 cm³/mol. The fourth-order valence-electron chi connectivity index (χ4n) is 2.92. The van der Waals surface area contributed by atoms with Gasteiger partial charge in [0, 0.05) is 12.2 Å². The van der Waals surface area contributed by atoms with Crippen molar-refractivity contribution in [1.29, 1.82) is 0 Å². The molecule has 3 rings (SSSR count). The average molecular weight is 366 g/mol. The number of rotatable bonds is 5. The first-order valence-corrected chi connectivity index (χ1v) is 8.83. The summed E-state index contributed by atoms with van der Waals surface area (Å²) in [4.78, 5) is 14.6. The largest absolute Gasteiger partial charge is 0.464 e. The minimum absolute atomic E-state index is 0.236. The Bertz CT molecular complexity index is 932. The second kappa shape index (κ2) is 8.08. The van der Waals surface area contributed by atoms with E-state index >= 15 is 0 Å². The van der Waals surface area contributed by atoms with Crippen molar-refractivity contribution >= 4 is 11.7 Å². The molecular weight excluding hydrogens is 343 g/mol. The smallest absolute Gasteiger partial charge is 0.322 e. The van der Waals surface area contributed by atoms with Gasteiger partial charge >= 0.3 is 6.03 Å². The second-order valence-electron chi connectivity index (χ2n) is 6.74. The molecule has 2 amide bonds. The number of benzene rings is 2. The van der Waals surface area contributed by atoms with Crippen molar-refractivity contribution in [3.05, 3.63) is 88.6 Å². The number of nitrogens with zero attached hydrogens (tertiary/aromatic N) is 1. The Morgan fingerprint density at radius 1 is 1.00 bits per heavy atom. The third-order valence-electron chi connectivity index (χ3n) is 4.34. The fourth-order valence-corrected chi connectivity index (χ4v) is 2.92. The van der Waals surface area contributed by atoms with Gasteiger partial charge in [0.05, 0.1) is 6.54 Å². The summed E-state index contributed by atoms with van der Waals surface area (Å²) in [7, 11) is 0. The molecule has 0 saturated heterocycles. The quantitative estimate of drug-likeness (QED) is 0.641. The molecule has 140 valence electrons. The van der Waals surface area contributed by atoms with Crippen molar-refractivity contribution in [3.8, 4) is 0 Å². The molecule has 27 heavy (non-hydrogen) atoms. The van der Waals surface area contributed by atoms with E-state index in [4.69, 9.17) is 4.42 Å². The van der Waals surface area contributed by atoms with Crippen LogP contribution in [0.2, 0.25) is 0 Å². The number of hydrogen-bond acceptors (Lipinski definition) is 2. The van der Waals surface area contributed by atoms with Gasteiger partial charge < -0.3 is 14.6 Å². The Kier molecular flexibility index (Phi) is 5.60. The maximum Gasteiger partial charge on any atom is 0.322 e. The van der Waals surface area contributed by atoms with Gasteiger partial charge in [-0.3, -0.25) is 0 Å². The van der Waals surface area contributed by atoms with E-state index in [9.17, 15) is 9.18 Å². The van der Waals surface area contributed by atoms with E-state index in [1.807, 2.05) is 51.1 Å². The molecule has 0 spiro atoms.